The van der Waals surface area contributed by atoms with Crippen molar-refractivity contribution in [2.45, 2.75) is 39.2 Å². The highest BCUT2D eigenvalue weighted by atomic mass is 16.5. The van der Waals surface area contributed by atoms with Gasteiger partial charge < -0.3 is 4.74 Å². The van der Waals surface area contributed by atoms with Crippen LogP contribution in [0.2, 0.25) is 0 Å². The third-order valence-electron chi connectivity index (χ3n) is 2.87. The molecule has 3 heteroatoms. The van der Waals surface area contributed by atoms with Gasteiger partial charge in [-0.15, -0.1) is 0 Å². The van der Waals surface area contributed by atoms with Crippen LogP contribution in [0.15, 0.2) is 6.07 Å². The van der Waals surface area contributed by atoms with Crippen molar-refractivity contribution in [3.8, 4) is 0 Å². The maximum absolute atomic E-state index is 5.35. The lowest BCUT2D eigenvalue weighted by atomic mass is 10.1. The summed E-state index contributed by atoms with van der Waals surface area (Å²) in [5, 5.41) is 4.61. The average molecular weight is 194 g/mol. The second-order valence-electron chi connectivity index (χ2n) is 3.92. The lowest BCUT2D eigenvalue weighted by Gasteiger charge is -2.23. The Morgan fingerprint density at radius 3 is 2.79 bits per heavy atom. The molecule has 0 spiro atoms. The fourth-order valence-corrected chi connectivity index (χ4v) is 2.03. The Hall–Kier alpha value is -0.830. The normalized spacial score (nSPS) is 18.7. The topological polar surface area (TPSA) is 27.1 Å². The van der Waals surface area contributed by atoms with E-state index in [1.165, 1.54) is 11.4 Å². The summed E-state index contributed by atoms with van der Waals surface area (Å²) >= 11 is 0. The van der Waals surface area contributed by atoms with Crippen LogP contribution in [0.25, 0.3) is 0 Å². The minimum absolute atomic E-state index is 0.559. The molecule has 0 N–H and O–H groups in total. The van der Waals surface area contributed by atoms with Crippen molar-refractivity contribution in [1.29, 1.82) is 0 Å². The molecule has 0 amide bonds. The molecule has 1 saturated heterocycles. The van der Waals surface area contributed by atoms with Gasteiger partial charge in [-0.05, 0) is 32.3 Å². The maximum Gasteiger partial charge on any atom is 0.0624 e. The zero-order chi connectivity index (χ0) is 9.97. The van der Waals surface area contributed by atoms with Crippen molar-refractivity contribution < 1.29 is 4.74 Å². The van der Waals surface area contributed by atoms with Gasteiger partial charge in [-0.1, -0.05) is 6.92 Å². The summed E-state index contributed by atoms with van der Waals surface area (Å²) in [5.41, 5.74) is 2.49. The lowest BCUT2D eigenvalue weighted by molar-refractivity contribution is 0.0656. The molecule has 2 heterocycles. The van der Waals surface area contributed by atoms with Crippen LogP contribution < -0.4 is 0 Å². The molecule has 2 rings (SSSR count). The molecule has 0 atom stereocenters. The van der Waals surface area contributed by atoms with Crippen LogP contribution in [0.3, 0.4) is 0 Å². The van der Waals surface area contributed by atoms with Crippen molar-refractivity contribution in [1.82, 2.24) is 9.78 Å². The van der Waals surface area contributed by atoms with E-state index >= 15 is 0 Å². The smallest absolute Gasteiger partial charge is 0.0624 e. The van der Waals surface area contributed by atoms with Crippen molar-refractivity contribution in [3.63, 3.8) is 0 Å². The van der Waals surface area contributed by atoms with Crippen LogP contribution in [-0.4, -0.2) is 23.0 Å². The van der Waals surface area contributed by atoms with Crippen LogP contribution >= 0.6 is 0 Å². The zero-order valence-electron chi connectivity index (χ0n) is 8.99. The van der Waals surface area contributed by atoms with Crippen LogP contribution in [0.5, 0.6) is 0 Å². The Kier molecular flexibility index (Phi) is 2.87. The number of aryl methyl sites for hydroxylation is 2. The first-order chi connectivity index (χ1) is 6.81. The lowest BCUT2D eigenvalue weighted by Crippen LogP contribution is -2.21. The zero-order valence-corrected chi connectivity index (χ0v) is 8.99. The standard InChI is InChI=1S/C11H18N2O/c1-3-10-8-9(2)13(12-10)11-4-6-14-7-5-11/h8,11H,3-7H2,1-2H3. The number of nitrogens with zero attached hydrogens (tertiary/aromatic N) is 2. The Balaban J connectivity index is 2.17. The van der Waals surface area contributed by atoms with Crippen molar-refractivity contribution >= 4 is 0 Å². The predicted octanol–water partition coefficient (Wildman–Crippen LogP) is 2.11. The minimum Gasteiger partial charge on any atom is -0.381 e. The van der Waals surface area contributed by atoms with Gasteiger partial charge in [0.2, 0.25) is 0 Å². The van der Waals surface area contributed by atoms with E-state index in [9.17, 15) is 0 Å². The van der Waals surface area contributed by atoms with Gasteiger partial charge >= 0.3 is 0 Å². The van der Waals surface area contributed by atoms with E-state index in [1.807, 2.05) is 0 Å². The molecule has 0 radical (unpaired) electrons. The molecule has 0 saturated carbocycles. The van der Waals surface area contributed by atoms with Gasteiger partial charge in [-0.3, -0.25) is 4.68 Å². The molecule has 0 unspecified atom stereocenters. The first-order valence-electron chi connectivity index (χ1n) is 5.44. The first kappa shape index (κ1) is 9.71. The van der Waals surface area contributed by atoms with Gasteiger partial charge in [0.25, 0.3) is 0 Å². The van der Waals surface area contributed by atoms with Gasteiger partial charge in [-0.25, -0.2) is 0 Å². The predicted molar refractivity (Wildman–Crippen MR) is 55.4 cm³/mol. The van der Waals surface area contributed by atoms with Gasteiger partial charge in [0.15, 0.2) is 0 Å². The first-order valence-corrected chi connectivity index (χ1v) is 5.44. The Bertz CT molecular complexity index is 300. The summed E-state index contributed by atoms with van der Waals surface area (Å²) in [6.45, 7) is 6.05. The van der Waals surface area contributed by atoms with Gasteiger partial charge in [-0.2, -0.15) is 5.10 Å². The highest BCUT2D eigenvalue weighted by Crippen LogP contribution is 2.22. The van der Waals surface area contributed by atoms with Crippen LogP contribution in [0.1, 0.15) is 37.2 Å². The molecule has 78 valence electrons. The minimum atomic E-state index is 0.559. The molecule has 1 fully saturated rings. The van der Waals surface area contributed by atoms with Crippen molar-refractivity contribution in [2.75, 3.05) is 13.2 Å². The Labute approximate surface area is 85.1 Å². The summed E-state index contributed by atoms with van der Waals surface area (Å²) < 4.78 is 7.53. The summed E-state index contributed by atoms with van der Waals surface area (Å²) in [7, 11) is 0. The van der Waals surface area contributed by atoms with Crippen LogP contribution in [0.4, 0.5) is 0 Å². The molecular formula is C11H18N2O. The number of ether oxygens (including phenoxy) is 1. The molecule has 3 nitrogen and oxygen atoms in total. The van der Waals surface area contributed by atoms with Gasteiger partial charge in [0.1, 0.15) is 0 Å². The molecule has 0 bridgehead atoms. The molecule has 1 aromatic rings. The van der Waals surface area contributed by atoms with E-state index < -0.39 is 0 Å². The van der Waals surface area contributed by atoms with E-state index in [4.69, 9.17) is 4.74 Å². The third kappa shape index (κ3) is 1.82. The van der Waals surface area contributed by atoms with E-state index in [1.54, 1.807) is 0 Å². The largest absolute Gasteiger partial charge is 0.381 e. The van der Waals surface area contributed by atoms with E-state index in [0.717, 1.165) is 32.5 Å². The van der Waals surface area contributed by atoms with Gasteiger partial charge in [0.05, 0.1) is 11.7 Å². The molecule has 0 aliphatic carbocycles. The van der Waals surface area contributed by atoms with Gasteiger partial charge in [0, 0.05) is 18.9 Å². The summed E-state index contributed by atoms with van der Waals surface area (Å²) in [6.07, 6.45) is 3.23. The Morgan fingerprint density at radius 2 is 2.21 bits per heavy atom. The number of aromatic nitrogens is 2. The van der Waals surface area contributed by atoms with E-state index in [0.29, 0.717) is 6.04 Å². The second kappa shape index (κ2) is 4.13. The molecular weight excluding hydrogens is 176 g/mol. The fourth-order valence-electron chi connectivity index (χ4n) is 2.03. The van der Waals surface area contributed by atoms with Crippen LogP contribution in [0, 0.1) is 6.92 Å². The summed E-state index contributed by atoms with van der Waals surface area (Å²) in [5.74, 6) is 0. The number of hydrogen-bond donors (Lipinski definition) is 0. The maximum atomic E-state index is 5.35. The number of rotatable bonds is 2. The third-order valence-corrected chi connectivity index (χ3v) is 2.87. The second-order valence-corrected chi connectivity index (χ2v) is 3.92. The highest BCUT2D eigenvalue weighted by molar-refractivity contribution is 5.09. The average Bonchev–Trinajstić information content (AvgIpc) is 2.61. The van der Waals surface area contributed by atoms with E-state index in [2.05, 4.69) is 29.7 Å². The SMILES string of the molecule is CCc1cc(C)n(C2CCOCC2)n1. The molecule has 1 aliphatic rings. The molecule has 1 aromatic heterocycles. The van der Waals surface area contributed by atoms with E-state index in [-0.39, 0.29) is 0 Å². The molecule has 1 aliphatic heterocycles. The van der Waals surface area contributed by atoms with Crippen molar-refractivity contribution in [2.24, 2.45) is 0 Å². The highest BCUT2D eigenvalue weighted by Gasteiger charge is 2.18. The Morgan fingerprint density at radius 1 is 1.50 bits per heavy atom. The fraction of sp³-hybridized carbons (Fsp3) is 0.727. The molecule has 14 heavy (non-hydrogen) atoms. The summed E-state index contributed by atoms with van der Waals surface area (Å²) in [4.78, 5) is 0. The molecule has 0 aromatic carbocycles. The van der Waals surface area contributed by atoms with Crippen molar-refractivity contribution in [3.05, 3.63) is 17.5 Å². The monoisotopic (exact) mass is 194 g/mol. The summed E-state index contributed by atoms with van der Waals surface area (Å²) in [6, 6.07) is 2.75. The number of hydrogen-bond acceptors (Lipinski definition) is 2. The van der Waals surface area contributed by atoms with Crippen LogP contribution in [-0.2, 0) is 11.2 Å². The quantitative estimate of drug-likeness (QED) is 0.721.